The molecule has 48 heavy (non-hydrogen) atoms. The van der Waals surface area contributed by atoms with Crippen molar-refractivity contribution >= 4 is 38.4 Å². The lowest BCUT2D eigenvalue weighted by Gasteiger charge is -2.23. The number of carbonyl (C=O) groups excluding carboxylic acids is 1. The molecule has 0 saturated carbocycles. The summed E-state index contributed by atoms with van der Waals surface area (Å²) in [5.41, 5.74) is 2.74. The van der Waals surface area contributed by atoms with Gasteiger partial charge in [-0.15, -0.1) is 5.10 Å². The van der Waals surface area contributed by atoms with Gasteiger partial charge in [0.15, 0.2) is 11.5 Å². The first-order valence-corrected chi connectivity index (χ1v) is 16.5. The van der Waals surface area contributed by atoms with Crippen molar-refractivity contribution < 1.29 is 17.9 Å². The maximum Gasteiger partial charge on any atom is 0.300 e. The van der Waals surface area contributed by atoms with Crippen molar-refractivity contribution in [2.75, 3.05) is 11.3 Å². The van der Waals surface area contributed by atoms with Crippen LogP contribution in [0.15, 0.2) is 78.1 Å². The van der Waals surface area contributed by atoms with E-state index in [1.54, 1.807) is 79.1 Å². The molecule has 7 rings (SSSR count). The zero-order valence-corrected chi connectivity index (χ0v) is 26.9. The highest BCUT2D eigenvalue weighted by Gasteiger charge is 2.31. The van der Waals surface area contributed by atoms with E-state index in [1.165, 1.54) is 10.7 Å². The first kappa shape index (κ1) is 30.7. The molecule has 242 valence electrons. The van der Waals surface area contributed by atoms with Crippen LogP contribution in [0.1, 0.15) is 52.6 Å². The van der Waals surface area contributed by atoms with Crippen molar-refractivity contribution in [1.29, 1.82) is 0 Å². The van der Waals surface area contributed by atoms with E-state index in [0.29, 0.717) is 44.6 Å². The molecule has 0 saturated heterocycles. The van der Waals surface area contributed by atoms with Gasteiger partial charge >= 0.3 is 0 Å². The Morgan fingerprint density at radius 3 is 2.67 bits per heavy atom. The van der Waals surface area contributed by atoms with Gasteiger partial charge in [-0.3, -0.25) is 23.6 Å². The smallest absolute Gasteiger partial charge is 0.300 e. The number of amides is 1. The zero-order chi connectivity index (χ0) is 33.6. The van der Waals surface area contributed by atoms with Crippen LogP contribution in [0.5, 0.6) is 5.75 Å². The first-order valence-electron chi connectivity index (χ1n) is 15.0. The van der Waals surface area contributed by atoms with E-state index >= 15 is 0 Å². The highest BCUT2D eigenvalue weighted by atomic mass is 32.2. The fraction of sp³-hybridized carbons (Fsp3) is 0.182. The minimum absolute atomic E-state index is 0.0837. The van der Waals surface area contributed by atoms with Crippen LogP contribution in [-0.2, 0) is 23.9 Å². The van der Waals surface area contributed by atoms with Gasteiger partial charge in [0.2, 0.25) is 0 Å². The molecule has 5 heterocycles. The summed E-state index contributed by atoms with van der Waals surface area (Å²) in [7, 11) is -2.23. The van der Waals surface area contributed by atoms with Crippen molar-refractivity contribution in [3.05, 3.63) is 112 Å². The normalized spacial score (nSPS) is 12.8. The summed E-state index contributed by atoms with van der Waals surface area (Å²) in [6.07, 6.45) is 6.47. The number of anilines is 1. The molecule has 2 aromatic carbocycles. The summed E-state index contributed by atoms with van der Waals surface area (Å²) in [5.74, 6) is 5.93. The number of carbonyl (C=O) groups is 1. The molecule has 15 heteroatoms. The van der Waals surface area contributed by atoms with Gasteiger partial charge < -0.3 is 10.1 Å². The Hall–Kier alpha value is -5.98. The lowest BCUT2D eigenvalue weighted by atomic mass is 9.97. The molecule has 4 aromatic heterocycles. The van der Waals surface area contributed by atoms with Crippen LogP contribution in [0, 0.1) is 11.8 Å². The number of aromatic nitrogens is 6. The Morgan fingerprint density at radius 2 is 1.92 bits per heavy atom. The SMILES string of the molecule is CCNS(=O)(=O)Nc1nn2cccnc2c1C(=O)NC(C)c1c2c3c(ccc(C#Cc4cnn(C)c4)c3c(=O)n1-c1ccccc1)OC2. The average molecular weight is 664 g/mol. The maximum atomic E-state index is 14.6. The van der Waals surface area contributed by atoms with Gasteiger partial charge in [0.25, 0.3) is 21.7 Å². The second-order valence-electron chi connectivity index (χ2n) is 11.1. The summed E-state index contributed by atoms with van der Waals surface area (Å²) in [5, 5.41) is 12.4. The van der Waals surface area contributed by atoms with E-state index < -0.39 is 22.2 Å². The molecule has 1 aliphatic rings. The number of benzene rings is 2. The molecule has 1 aliphatic heterocycles. The predicted molar refractivity (Wildman–Crippen MR) is 178 cm³/mol. The Labute approximate surface area is 274 Å². The van der Waals surface area contributed by atoms with Crippen molar-refractivity contribution in [2.45, 2.75) is 26.5 Å². The van der Waals surface area contributed by atoms with E-state index in [-0.39, 0.29) is 35.7 Å². The molecular formula is C33H29N9O5S. The number of fused-ring (bicyclic) bond motifs is 1. The molecule has 6 aromatic rings. The van der Waals surface area contributed by atoms with Gasteiger partial charge in [0.05, 0.1) is 28.9 Å². The molecule has 1 atom stereocenters. The highest BCUT2D eigenvalue weighted by molar-refractivity contribution is 7.90. The molecular weight excluding hydrogens is 634 g/mol. The number of aryl methyl sites for hydroxylation is 1. The van der Waals surface area contributed by atoms with Crippen LogP contribution in [0.2, 0.25) is 0 Å². The topological polar surface area (TPSA) is 167 Å². The monoisotopic (exact) mass is 663 g/mol. The lowest BCUT2D eigenvalue weighted by molar-refractivity contribution is 0.0940. The second kappa shape index (κ2) is 12.0. The molecule has 3 N–H and O–H groups in total. The van der Waals surface area contributed by atoms with Crippen LogP contribution in [0.25, 0.3) is 22.1 Å². The van der Waals surface area contributed by atoms with Gasteiger partial charge in [-0.1, -0.05) is 37.0 Å². The van der Waals surface area contributed by atoms with Gasteiger partial charge in [-0.2, -0.15) is 18.2 Å². The summed E-state index contributed by atoms with van der Waals surface area (Å²) in [6.45, 7) is 3.66. The Morgan fingerprint density at radius 1 is 1.10 bits per heavy atom. The standard InChI is InChI=1S/C33H29N9O5S/c1-4-36-48(45,46)39-30-28(31-34-15-8-16-41(31)38-30)32(43)37-20(2)29-24-19-47-25-14-13-22(12-11-21-17-35-40(3)18-21)26(27(24)25)33(44)42(29)23-9-6-5-7-10-23/h5-10,13-18,20,36H,4,19H2,1-3H3,(H,37,43)(H,38,39). The fourth-order valence-electron chi connectivity index (χ4n) is 5.88. The van der Waals surface area contributed by atoms with Gasteiger partial charge in [-0.05, 0) is 37.3 Å². The minimum Gasteiger partial charge on any atom is -0.488 e. The quantitative estimate of drug-likeness (QED) is 0.209. The summed E-state index contributed by atoms with van der Waals surface area (Å²) in [6, 6.07) is 13.5. The Balaban J connectivity index is 1.38. The van der Waals surface area contributed by atoms with Crippen molar-refractivity contribution in [1.82, 2.24) is 39.0 Å². The van der Waals surface area contributed by atoms with Crippen LogP contribution >= 0.6 is 0 Å². The molecule has 0 spiro atoms. The lowest BCUT2D eigenvalue weighted by Crippen LogP contribution is -2.34. The van der Waals surface area contributed by atoms with Gasteiger partial charge in [0, 0.05) is 54.4 Å². The maximum absolute atomic E-state index is 14.6. The van der Waals surface area contributed by atoms with Crippen LogP contribution in [-0.4, -0.2) is 49.8 Å². The third-order valence-electron chi connectivity index (χ3n) is 7.81. The molecule has 0 bridgehead atoms. The number of nitrogens with one attached hydrogen (secondary N) is 3. The Kier molecular flexibility index (Phi) is 7.66. The van der Waals surface area contributed by atoms with E-state index in [0.717, 1.165) is 0 Å². The van der Waals surface area contributed by atoms with E-state index in [4.69, 9.17) is 4.74 Å². The third kappa shape index (κ3) is 5.42. The number of hydrogen-bond donors (Lipinski definition) is 3. The van der Waals surface area contributed by atoms with Gasteiger partial charge in [0.1, 0.15) is 17.9 Å². The van der Waals surface area contributed by atoms with Crippen molar-refractivity contribution in [2.24, 2.45) is 7.05 Å². The van der Waals surface area contributed by atoms with E-state index in [1.807, 2.05) is 18.2 Å². The van der Waals surface area contributed by atoms with Gasteiger partial charge in [-0.25, -0.2) is 9.50 Å². The third-order valence-corrected chi connectivity index (χ3v) is 8.95. The number of nitrogens with zero attached hydrogens (tertiary/aromatic N) is 6. The Bertz CT molecular complexity index is 2470. The van der Waals surface area contributed by atoms with Crippen LogP contribution in [0.3, 0.4) is 0 Å². The predicted octanol–water partition coefficient (Wildman–Crippen LogP) is 2.82. The number of rotatable bonds is 8. The highest BCUT2D eigenvalue weighted by Crippen LogP contribution is 2.39. The summed E-state index contributed by atoms with van der Waals surface area (Å²) in [4.78, 5) is 32.9. The number of pyridine rings is 1. The average Bonchev–Trinajstić information content (AvgIpc) is 3.78. The number of para-hydroxylation sites is 1. The first-order chi connectivity index (χ1) is 23.1. The molecule has 1 amide bonds. The van der Waals surface area contributed by atoms with Crippen molar-refractivity contribution in [3.63, 3.8) is 0 Å². The molecule has 0 fully saturated rings. The fourth-order valence-corrected chi connectivity index (χ4v) is 6.73. The van der Waals surface area contributed by atoms with E-state index in [9.17, 15) is 18.0 Å². The zero-order valence-electron chi connectivity index (χ0n) is 26.1. The molecule has 14 nitrogen and oxygen atoms in total. The molecule has 0 aliphatic carbocycles. The molecule has 1 unspecified atom stereocenters. The summed E-state index contributed by atoms with van der Waals surface area (Å²) < 4.78 is 40.5. The molecule has 0 radical (unpaired) electrons. The van der Waals surface area contributed by atoms with Crippen molar-refractivity contribution in [3.8, 4) is 23.3 Å². The van der Waals surface area contributed by atoms with E-state index in [2.05, 4.69) is 41.8 Å². The number of ether oxygens (including phenoxy) is 1. The second-order valence-corrected chi connectivity index (χ2v) is 12.6. The number of hydrogen-bond acceptors (Lipinski definition) is 8. The van der Waals surface area contributed by atoms with Crippen LogP contribution < -0.4 is 25.1 Å². The summed E-state index contributed by atoms with van der Waals surface area (Å²) >= 11 is 0. The van der Waals surface area contributed by atoms with Crippen LogP contribution in [0.4, 0.5) is 5.82 Å². The largest absolute Gasteiger partial charge is 0.488 e. The minimum atomic E-state index is -4.03.